The molecule has 0 spiro atoms. The van der Waals surface area contributed by atoms with Crippen LogP contribution in [-0.4, -0.2) is 30.4 Å². The van der Waals surface area contributed by atoms with Crippen molar-refractivity contribution in [2.45, 2.75) is 25.7 Å². The number of likely N-dealkylation sites (tertiary alicyclic amines) is 1. The van der Waals surface area contributed by atoms with E-state index in [0.717, 1.165) is 38.9 Å². The van der Waals surface area contributed by atoms with E-state index < -0.39 is 0 Å². The molecule has 0 bridgehead atoms. The standard InChI is InChI=1S/C10H18N2O/c11-6-8-4-5-12(7-8)10(13)9-2-1-3-9/h8-9H,1-7,11H2. The fraction of sp³-hybridized carbons (Fsp3) is 0.900. The van der Waals surface area contributed by atoms with Gasteiger partial charge in [0.2, 0.25) is 5.91 Å². The van der Waals surface area contributed by atoms with Crippen molar-refractivity contribution in [3.05, 3.63) is 0 Å². The van der Waals surface area contributed by atoms with Gasteiger partial charge in [-0.1, -0.05) is 6.42 Å². The summed E-state index contributed by atoms with van der Waals surface area (Å²) in [5, 5.41) is 0. The van der Waals surface area contributed by atoms with Crippen LogP contribution in [0.15, 0.2) is 0 Å². The van der Waals surface area contributed by atoms with E-state index >= 15 is 0 Å². The van der Waals surface area contributed by atoms with Crippen LogP contribution in [0.5, 0.6) is 0 Å². The van der Waals surface area contributed by atoms with Gasteiger partial charge in [0.1, 0.15) is 0 Å². The highest BCUT2D eigenvalue weighted by atomic mass is 16.2. The minimum absolute atomic E-state index is 0.358. The highest BCUT2D eigenvalue weighted by molar-refractivity contribution is 5.79. The molecule has 1 unspecified atom stereocenters. The summed E-state index contributed by atoms with van der Waals surface area (Å²) in [5.74, 6) is 1.31. The molecule has 1 saturated carbocycles. The summed E-state index contributed by atoms with van der Waals surface area (Å²) in [5.41, 5.74) is 5.58. The van der Waals surface area contributed by atoms with Crippen LogP contribution < -0.4 is 5.73 Å². The van der Waals surface area contributed by atoms with Crippen molar-refractivity contribution < 1.29 is 4.79 Å². The van der Waals surface area contributed by atoms with Crippen molar-refractivity contribution in [1.29, 1.82) is 0 Å². The molecule has 1 amide bonds. The Hall–Kier alpha value is -0.570. The lowest BCUT2D eigenvalue weighted by atomic mass is 9.84. The van der Waals surface area contributed by atoms with Gasteiger partial charge in [-0.2, -0.15) is 0 Å². The number of rotatable bonds is 2. The molecule has 3 nitrogen and oxygen atoms in total. The predicted molar refractivity (Wildman–Crippen MR) is 51.1 cm³/mol. The van der Waals surface area contributed by atoms with Gasteiger partial charge in [-0.25, -0.2) is 0 Å². The zero-order valence-electron chi connectivity index (χ0n) is 8.04. The molecule has 2 N–H and O–H groups in total. The smallest absolute Gasteiger partial charge is 0.225 e. The van der Waals surface area contributed by atoms with Crippen LogP contribution in [0.1, 0.15) is 25.7 Å². The average molecular weight is 182 g/mol. The Morgan fingerprint density at radius 2 is 2.15 bits per heavy atom. The third-order valence-electron chi connectivity index (χ3n) is 3.39. The molecule has 1 saturated heterocycles. The van der Waals surface area contributed by atoms with Gasteiger partial charge >= 0.3 is 0 Å². The van der Waals surface area contributed by atoms with Gasteiger partial charge in [0.15, 0.2) is 0 Å². The molecular weight excluding hydrogens is 164 g/mol. The highest BCUT2D eigenvalue weighted by Crippen LogP contribution is 2.30. The fourth-order valence-corrected chi connectivity index (χ4v) is 2.14. The highest BCUT2D eigenvalue weighted by Gasteiger charge is 2.32. The van der Waals surface area contributed by atoms with Crippen LogP contribution in [0.25, 0.3) is 0 Å². The van der Waals surface area contributed by atoms with Crippen molar-refractivity contribution in [1.82, 2.24) is 4.90 Å². The maximum Gasteiger partial charge on any atom is 0.225 e. The number of nitrogens with two attached hydrogens (primary N) is 1. The summed E-state index contributed by atoms with van der Waals surface area (Å²) >= 11 is 0. The lowest BCUT2D eigenvalue weighted by molar-refractivity contribution is -0.137. The molecule has 0 radical (unpaired) electrons. The van der Waals surface area contributed by atoms with Crippen molar-refractivity contribution in [2.75, 3.05) is 19.6 Å². The first-order valence-corrected chi connectivity index (χ1v) is 5.30. The molecule has 3 heteroatoms. The van der Waals surface area contributed by atoms with Crippen LogP contribution in [0.2, 0.25) is 0 Å². The molecule has 2 aliphatic rings. The molecule has 0 aromatic heterocycles. The van der Waals surface area contributed by atoms with E-state index in [2.05, 4.69) is 0 Å². The lowest BCUT2D eigenvalue weighted by Crippen LogP contribution is -2.37. The lowest BCUT2D eigenvalue weighted by Gasteiger charge is -2.29. The Bertz CT molecular complexity index is 201. The second-order valence-corrected chi connectivity index (χ2v) is 4.30. The fourth-order valence-electron chi connectivity index (χ4n) is 2.14. The first-order chi connectivity index (χ1) is 6.31. The Labute approximate surface area is 79.3 Å². The molecule has 2 rings (SSSR count). The van der Waals surface area contributed by atoms with Crippen LogP contribution in [-0.2, 0) is 4.79 Å². The van der Waals surface area contributed by atoms with E-state index in [0.29, 0.717) is 17.7 Å². The van der Waals surface area contributed by atoms with Crippen LogP contribution >= 0.6 is 0 Å². The number of nitrogens with zero attached hydrogens (tertiary/aromatic N) is 1. The Morgan fingerprint density at radius 1 is 1.38 bits per heavy atom. The Morgan fingerprint density at radius 3 is 2.62 bits per heavy atom. The first kappa shape index (κ1) is 9.00. The third kappa shape index (κ3) is 1.70. The topological polar surface area (TPSA) is 46.3 Å². The van der Waals surface area contributed by atoms with Gasteiger partial charge in [0, 0.05) is 19.0 Å². The van der Waals surface area contributed by atoms with Crippen LogP contribution in [0.3, 0.4) is 0 Å². The molecule has 1 heterocycles. The van der Waals surface area contributed by atoms with Crippen molar-refractivity contribution in [3.63, 3.8) is 0 Å². The molecular formula is C10H18N2O. The molecule has 1 aliphatic heterocycles. The summed E-state index contributed by atoms with van der Waals surface area (Å²) in [7, 11) is 0. The van der Waals surface area contributed by atoms with Gasteiger partial charge in [-0.15, -0.1) is 0 Å². The summed E-state index contributed by atoms with van der Waals surface area (Å²) in [6, 6.07) is 0. The van der Waals surface area contributed by atoms with Gasteiger partial charge < -0.3 is 10.6 Å². The van der Waals surface area contributed by atoms with Gasteiger partial charge in [0.05, 0.1) is 0 Å². The Kier molecular flexibility index (Phi) is 2.54. The summed E-state index contributed by atoms with van der Waals surface area (Å²) in [4.78, 5) is 13.8. The molecule has 0 aromatic carbocycles. The molecule has 0 aromatic rings. The van der Waals surface area contributed by atoms with Gasteiger partial charge in [0.25, 0.3) is 0 Å². The van der Waals surface area contributed by atoms with Crippen molar-refractivity contribution in [2.24, 2.45) is 17.6 Å². The number of carbonyl (C=O) groups excluding carboxylic acids is 1. The molecule has 2 fully saturated rings. The molecule has 1 atom stereocenters. The SMILES string of the molecule is NCC1CCN(C(=O)C2CCC2)C1. The molecule has 74 valence electrons. The number of hydrogen-bond donors (Lipinski definition) is 1. The third-order valence-corrected chi connectivity index (χ3v) is 3.39. The minimum Gasteiger partial charge on any atom is -0.342 e. The Balaban J connectivity index is 1.84. The van der Waals surface area contributed by atoms with Gasteiger partial charge in [-0.05, 0) is 31.7 Å². The maximum absolute atomic E-state index is 11.8. The normalized spacial score (nSPS) is 29.0. The summed E-state index contributed by atoms with van der Waals surface area (Å²) < 4.78 is 0. The maximum atomic E-state index is 11.8. The predicted octanol–water partition coefficient (Wildman–Crippen LogP) is 0.594. The van der Waals surface area contributed by atoms with E-state index in [9.17, 15) is 4.79 Å². The molecule has 1 aliphatic carbocycles. The van der Waals surface area contributed by atoms with Crippen LogP contribution in [0, 0.1) is 11.8 Å². The minimum atomic E-state index is 0.358. The van der Waals surface area contributed by atoms with E-state index in [4.69, 9.17) is 5.73 Å². The quantitative estimate of drug-likeness (QED) is 0.679. The van der Waals surface area contributed by atoms with Crippen LogP contribution in [0.4, 0.5) is 0 Å². The summed E-state index contributed by atoms with van der Waals surface area (Å²) in [6.07, 6.45) is 4.57. The second-order valence-electron chi connectivity index (χ2n) is 4.30. The number of amides is 1. The number of hydrogen-bond acceptors (Lipinski definition) is 2. The second kappa shape index (κ2) is 3.66. The molecule has 13 heavy (non-hydrogen) atoms. The first-order valence-electron chi connectivity index (χ1n) is 5.30. The van der Waals surface area contributed by atoms with Crippen molar-refractivity contribution >= 4 is 5.91 Å². The van der Waals surface area contributed by atoms with Gasteiger partial charge in [-0.3, -0.25) is 4.79 Å². The summed E-state index contributed by atoms with van der Waals surface area (Å²) in [6.45, 7) is 2.58. The van der Waals surface area contributed by atoms with E-state index in [1.165, 1.54) is 6.42 Å². The van der Waals surface area contributed by atoms with E-state index in [-0.39, 0.29) is 0 Å². The van der Waals surface area contributed by atoms with Crippen molar-refractivity contribution in [3.8, 4) is 0 Å². The average Bonchev–Trinajstić information content (AvgIpc) is 2.48. The van der Waals surface area contributed by atoms with E-state index in [1.807, 2.05) is 4.90 Å². The number of carbonyl (C=O) groups is 1. The zero-order valence-corrected chi connectivity index (χ0v) is 8.04. The van der Waals surface area contributed by atoms with E-state index in [1.54, 1.807) is 0 Å². The zero-order chi connectivity index (χ0) is 9.26. The largest absolute Gasteiger partial charge is 0.342 e. The monoisotopic (exact) mass is 182 g/mol.